The van der Waals surface area contributed by atoms with Gasteiger partial charge < -0.3 is 10.0 Å². The second-order valence-electron chi connectivity index (χ2n) is 4.36. The molecule has 0 aliphatic carbocycles. The highest BCUT2D eigenvalue weighted by atomic mass is 19.1. The van der Waals surface area contributed by atoms with Gasteiger partial charge in [-0.05, 0) is 42.8 Å². The molecule has 0 aromatic heterocycles. The molecule has 2 aromatic rings. The normalized spacial score (nSPS) is 10.3. The number of carbonyl (C=O) groups excluding carboxylic acids is 1. The summed E-state index contributed by atoms with van der Waals surface area (Å²) >= 11 is 0. The molecule has 0 saturated heterocycles. The molecular weight excluding hydrogens is 245 g/mol. The fourth-order valence-electron chi connectivity index (χ4n) is 1.81. The van der Waals surface area contributed by atoms with Crippen LogP contribution in [0.3, 0.4) is 0 Å². The average Bonchev–Trinajstić information content (AvgIpc) is 2.37. The number of rotatable bonds is 2. The van der Waals surface area contributed by atoms with Crippen molar-refractivity contribution in [2.75, 3.05) is 11.9 Å². The van der Waals surface area contributed by atoms with Gasteiger partial charge in [0.2, 0.25) is 0 Å². The van der Waals surface area contributed by atoms with Gasteiger partial charge >= 0.3 is 0 Å². The molecule has 0 bridgehead atoms. The van der Waals surface area contributed by atoms with E-state index in [0.717, 1.165) is 5.56 Å². The number of carbonyl (C=O) groups is 1. The summed E-state index contributed by atoms with van der Waals surface area (Å²) in [6.07, 6.45) is 0. The highest BCUT2D eigenvalue weighted by Gasteiger charge is 2.17. The largest absolute Gasteiger partial charge is 0.507 e. The molecule has 4 heteroatoms. The first-order chi connectivity index (χ1) is 8.99. The minimum Gasteiger partial charge on any atom is -0.507 e. The number of benzene rings is 2. The zero-order valence-corrected chi connectivity index (χ0v) is 10.7. The van der Waals surface area contributed by atoms with Crippen molar-refractivity contribution in [3.05, 3.63) is 59.4 Å². The second kappa shape index (κ2) is 5.10. The molecule has 19 heavy (non-hydrogen) atoms. The molecular formula is C15H14FNO2. The van der Waals surface area contributed by atoms with Crippen LogP contribution < -0.4 is 4.90 Å². The van der Waals surface area contributed by atoms with Crippen molar-refractivity contribution >= 4 is 11.6 Å². The van der Waals surface area contributed by atoms with Crippen molar-refractivity contribution in [3.63, 3.8) is 0 Å². The third kappa shape index (κ3) is 2.73. The fourth-order valence-corrected chi connectivity index (χ4v) is 1.81. The molecule has 0 aliphatic heterocycles. The Morgan fingerprint density at radius 1 is 1.21 bits per heavy atom. The SMILES string of the molecule is Cc1ccc(C(=O)N(C)c2cccc(F)c2)c(O)c1. The maximum Gasteiger partial charge on any atom is 0.261 e. The second-order valence-corrected chi connectivity index (χ2v) is 4.36. The van der Waals surface area contributed by atoms with Gasteiger partial charge in [0.1, 0.15) is 11.6 Å². The summed E-state index contributed by atoms with van der Waals surface area (Å²) in [5.74, 6) is -0.873. The maximum atomic E-state index is 13.1. The first kappa shape index (κ1) is 13.1. The Hall–Kier alpha value is -2.36. The number of aromatic hydroxyl groups is 1. The van der Waals surface area contributed by atoms with E-state index in [1.165, 1.54) is 36.2 Å². The van der Waals surface area contributed by atoms with E-state index >= 15 is 0 Å². The van der Waals surface area contributed by atoms with Gasteiger partial charge in [0.05, 0.1) is 5.56 Å². The number of amides is 1. The monoisotopic (exact) mass is 259 g/mol. The number of aryl methyl sites for hydroxylation is 1. The van der Waals surface area contributed by atoms with Crippen molar-refractivity contribution in [3.8, 4) is 5.75 Å². The quantitative estimate of drug-likeness (QED) is 0.900. The molecule has 0 unspecified atom stereocenters. The van der Waals surface area contributed by atoms with Gasteiger partial charge in [-0.1, -0.05) is 12.1 Å². The van der Waals surface area contributed by atoms with E-state index in [0.29, 0.717) is 5.69 Å². The number of anilines is 1. The van der Waals surface area contributed by atoms with Crippen molar-refractivity contribution < 1.29 is 14.3 Å². The van der Waals surface area contributed by atoms with Gasteiger partial charge in [0.25, 0.3) is 5.91 Å². The Kier molecular flexibility index (Phi) is 3.51. The van der Waals surface area contributed by atoms with Gasteiger partial charge in [0.15, 0.2) is 0 Å². The van der Waals surface area contributed by atoms with Gasteiger partial charge in [-0.3, -0.25) is 4.79 Å². The van der Waals surface area contributed by atoms with Gasteiger partial charge in [-0.15, -0.1) is 0 Å². The van der Waals surface area contributed by atoms with Crippen molar-refractivity contribution in [1.29, 1.82) is 0 Å². The Balaban J connectivity index is 2.33. The van der Waals surface area contributed by atoms with Crippen LogP contribution in [0.4, 0.5) is 10.1 Å². The summed E-state index contributed by atoms with van der Waals surface area (Å²) in [4.78, 5) is 13.5. The molecule has 0 spiro atoms. The zero-order chi connectivity index (χ0) is 14.0. The molecule has 0 aliphatic rings. The van der Waals surface area contributed by atoms with E-state index < -0.39 is 5.82 Å². The van der Waals surface area contributed by atoms with Gasteiger partial charge in [-0.25, -0.2) is 4.39 Å². The Bertz CT molecular complexity index is 625. The van der Waals surface area contributed by atoms with Crippen LogP contribution in [0, 0.1) is 12.7 Å². The van der Waals surface area contributed by atoms with Crippen LogP contribution in [-0.4, -0.2) is 18.1 Å². The number of halogens is 1. The van der Waals surface area contributed by atoms with Crippen LogP contribution in [0.5, 0.6) is 5.75 Å². The minimum atomic E-state index is -0.412. The van der Waals surface area contributed by atoms with Crippen LogP contribution in [0.25, 0.3) is 0 Å². The maximum absolute atomic E-state index is 13.1. The number of hydrogen-bond acceptors (Lipinski definition) is 2. The molecule has 1 N–H and O–H groups in total. The smallest absolute Gasteiger partial charge is 0.261 e. The molecule has 3 nitrogen and oxygen atoms in total. The fraction of sp³-hybridized carbons (Fsp3) is 0.133. The van der Waals surface area contributed by atoms with Crippen LogP contribution in [-0.2, 0) is 0 Å². The molecule has 0 saturated carbocycles. The molecule has 0 atom stereocenters. The summed E-state index contributed by atoms with van der Waals surface area (Å²) < 4.78 is 13.1. The van der Waals surface area contributed by atoms with E-state index in [1.807, 2.05) is 6.92 Å². The number of hydrogen-bond donors (Lipinski definition) is 1. The predicted octanol–water partition coefficient (Wildman–Crippen LogP) is 3.12. The first-order valence-electron chi connectivity index (χ1n) is 5.82. The Morgan fingerprint density at radius 2 is 1.95 bits per heavy atom. The van der Waals surface area contributed by atoms with Crippen molar-refractivity contribution in [1.82, 2.24) is 0 Å². The number of nitrogens with zero attached hydrogens (tertiary/aromatic N) is 1. The molecule has 2 rings (SSSR count). The summed E-state index contributed by atoms with van der Waals surface area (Å²) in [5.41, 5.74) is 1.49. The first-order valence-corrected chi connectivity index (χ1v) is 5.82. The predicted molar refractivity (Wildman–Crippen MR) is 72.0 cm³/mol. The summed E-state index contributed by atoms with van der Waals surface area (Å²) in [5, 5.41) is 9.79. The molecule has 2 aromatic carbocycles. The molecule has 0 heterocycles. The van der Waals surface area contributed by atoms with Crippen molar-refractivity contribution in [2.24, 2.45) is 0 Å². The van der Waals surface area contributed by atoms with Crippen molar-refractivity contribution in [2.45, 2.75) is 6.92 Å². The Morgan fingerprint density at radius 3 is 2.58 bits per heavy atom. The average molecular weight is 259 g/mol. The van der Waals surface area contributed by atoms with E-state index in [-0.39, 0.29) is 17.2 Å². The van der Waals surface area contributed by atoms with E-state index in [4.69, 9.17) is 0 Å². The lowest BCUT2D eigenvalue weighted by atomic mass is 10.1. The molecule has 0 fully saturated rings. The summed E-state index contributed by atoms with van der Waals surface area (Å²) in [6, 6.07) is 10.6. The summed E-state index contributed by atoms with van der Waals surface area (Å²) in [6.45, 7) is 1.82. The van der Waals surface area contributed by atoms with Crippen LogP contribution >= 0.6 is 0 Å². The number of phenolic OH excluding ortho intramolecular Hbond substituents is 1. The third-order valence-electron chi connectivity index (χ3n) is 2.88. The minimum absolute atomic E-state index is 0.0757. The lowest BCUT2D eigenvalue weighted by Gasteiger charge is -2.18. The molecule has 1 amide bonds. The highest BCUT2D eigenvalue weighted by molar-refractivity contribution is 6.07. The lowest BCUT2D eigenvalue weighted by Crippen LogP contribution is -2.26. The topological polar surface area (TPSA) is 40.5 Å². The summed E-state index contributed by atoms with van der Waals surface area (Å²) in [7, 11) is 1.54. The molecule has 98 valence electrons. The van der Waals surface area contributed by atoms with E-state index in [1.54, 1.807) is 18.2 Å². The standard InChI is InChI=1S/C15H14FNO2/c1-10-6-7-13(14(18)8-10)15(19)17(2)12-5-3-4-11(16)9-12/h3-9,18H,1-2H3. The number of phenols is 1. The van der Waals surface area contributed by atoms with Gasteiger partial charge in [-0.2, -0.15) is 0 Å². The van der Waals surface area contributed by atoms with Crippen LogP contribution in [0.2, 0.25) is 0 Å². The zero-order valence-electron chi connectivity index (χ0n) is 10.7. The van der Waals surface area contributed by atoms with Gasteiger partial charge in [0, 0.05) is 12.7 Å². The third-order valence-corrected chi connectivity index (χ3v) is 2.88. The van der Waals surface area contributed by atoms with E-state index in [9.17, 15) is 14.3 Å². The highest BCUT2D eigenvalue weighted by Crippen LogP contribution is 2.23. The van der Waals surface area contributed by atoms with E-state index in [2.05, 4.69) is 0 Å². The lowest BCUT2D eigenvalue weighted by molar-refractivity contribution is 0.0990. The molecule has 0 radical (unpaired) electrons. The van der Waals surface area contributed by atoms with Crippen LogP contribution in [0.15, 0.2) is 42.5 Å². The Labute approximate surface area is 110 Å². The van der Waals surface area contributed by atoms with Crippen LogP contribution in [0.1, 0.15) is 15.9 Å².